The number of hydrogen-bond donors (Lipinski definition) is 1. The van der Waals surface area contributed by atoms with Crippen LogP contribution in [0.1, 0.15) is 23.2 Å². The first-order valence-electron chi connectivity index (χ1n) is 9.47. The second-order valence-electron chi connectivity index (χ2n) is 7.56. The molecule has 4 nitrogen and oxygen atoms in total. The Hall–Kier alpha value is -2.59. The molecule has 26 heavy (non-hydrogen) atoms. The van der Waals surface area contributed by atoms with Gasteiger partial charge in [-0.3, -0.25) is 4.79 Å². The van der Waals surface area contributed by atoms with Gasteiger partial charge in [0.25, 0.3) is 5.91 Å². The van der Waals surface area contributed by atoms with E-state index in [1.807, 2.05) is 34.9 Å². The number of nitrogens with one attached hydrogen (secondary N) is 1. The first kappa shape index (κ1) is 15.6. The van der Waals surface area contributed by atoms with E-state index in [4.69, 9.17) is 0 Å². The highest BCUT2D eigenvalue weighted by Gasteiger charge is 2.35. The summed E-state index contributed by atoms with van der Waals surface area (Å²) < 4.78 is 2.05. The number of rotatable bonds is 3. The number of hydrogen-bond acceptors (Lipinski definition) is 2. The van der Waals surface area contributed by atoms with Crippen LogP contribution in [0.5, 0.6) is 0 Å². The van der Waals surface area contributed by atoms with E-state index in [9.17, 15) is 4.79 Å². The lowest BCUT2D eigenvalue weighted by atomic mass is 9.84. The Morgan fingerprint density at radius 2 is 1.77 bits per heavy atom. The summed E-state index contributed by atoms with van der Waals surface area (Å²) in [4.78, 5) is 15.2. The Kier molecular flexibility index (Phi) is 3.79. The molecule has 6 rings (SSSR count). The summed E-state index contributed by atoms with van der Waals surface area (Å²) in [6.07, 6.45) is 6.46. The fourth-order valence-corrected chi connectivity index (χ4v) is 4.42. The van der Waals surface area contributed by atoms with Gasteiger partial charge in [-0.15, -0.1) is 0 Å². The van der Waals surface area contributed by atoms with Crippen LogP contribution >= 0.6 is 0 Å². The van der Waals surface area contributed by atoms with Gasteiger partial charge in [0.15, 0.2) is 0 Å². The molecule has 132 valence electrons. The summed E-state index contributed by atoms with van der Waals surface area (Å²) in [7, 11) is 0. The molecule has 2 bridgehead atoms. The van der Waals surface area contributed by atoms with Gasteiger partial charge in [0, 0.05) is 30.5 Å². The number of nitrogens with zero attached hydrogens (tertiary/aromatic N) is 2. The number of piperidine rings is 3. The zero-order valence-corrected chi connectivity index (χ0v) is 14.8. The third-order valence-corrected chi connectivity index (χ3v) is 5.93. The molecular formula is C22H23N3O. The molecule has 0 radical (unpaired) electrons. The molecule has 3 fully saturated rings. The van der Waals surface area contributed by atoms with Crippen LogP contribution in [0, 0.1) is 5.92 Å². The average Bonchev–Trinajstić information content (AvgIpc) is 3.13. The van der Waals surface area contributed by atoms with Crippen LogP contribution in [0.25, 0.3) is 16.6 Å². The van der Waals surface area contributed by atoms with E-state index in [1.54, 1.807) is 0 Å². The number of aromatic nitrogens is 1. The van der Waals surface area contributed by atoms with Gasteiger partial charge in [0.2, 0.25) is 0 Å². The number of pyridine rings is 1. The second-order valence-corrected chi connectivity index (χ2v) is 7.56. The minimum atomic E-state index is 0.0497. The molecule has 1 unspecified atom stereocenters. The molecule has 3 aliphatic heterocycles. The summed E-state index contributed by atoms with van der Waals surface area (Å²) in [5, 5.41) is 3.28. The third-order valence-electron chi connectivity index (χ3n) is 5.93. The van der Waals surface area contributed by atoms with Gasteiger partial charge in [-0.1, -0.05) is 36.4 Å². The van der Waals surface area contributed by atoms with Crippen LogP contribution in [0.2, 0.25) is 0 Å². The average molecular weight is 345 g/mol. The van der Waals surface area contributed by atoms with Crippen LogP contribution in [0.3, 0.4) is 0 Å². The summed E-state index contributed by atoms with van der Waals surface area (Å²) in [6.45, 7) is 3.38. The van der Waals surface area contributed by atoms with Crippen molar-refractivity contribution in [3.63, 3.8) is 0 Å². The minimum Gasteiger partial charge on any atom is -0.348 e. The van der Waals surface area contributed by atoms with Crippen LogP contribution in [-0.2, 0) is 0 Å². The van der Waals surface area contributed by atoms with Crippen molar-refractivity contribution in [3.05, 3.63) is 66.5 Å². The molecule has 1 amide bonds. The van der Waals surface area contributed by atoms with E-state index in [2.05, 4.69) is 40.7 Å². The molecule has 5 heterocycles. The number of amides is 1. The second kappa shape index (κ2) is 6.29. The zero-order chi connectivity index (χ0) is 17.5. The molecule has 1 atom stereocenters. The standard InChI is InChI=1S/C22H23N3O/c26-22(23-21-15-24-10-8-17(21)9-11-24)19-12-20-7-6-18(13-25(20)14-19)16-4-2-1-3-5-16/h1-7,12-14,17,21H,8-11,15H2,(H,23,26). The molecule has 1 N–H and O–H groups in total. The number of benzene rings is 1. The van der Waals surface area contributed by atoms with E-state index in [0.29, 0.717) is 12.0 Å². The molecule has 2 aromatic heterocycles. The minimum absolute atomic E-state index is 0.0497. The molecule has 0 spiro atoms. The van der Waals surface area contributed by atoms with Gasteiger partial charge in [0.1, 0.15) is 0 Å². The molecule has 4 heteroatoms. The van der Waals surface area contributed by atoms with E-state index in [1.165, 1.54) is 31.5 Å². The molecule has 3 aromatic rings. The van der Waals surface area contributed by atoms with Crippen molar-refractivity contribution in [2.45, 2.75) is 18.9 Å². The molecule has 0 aliphatic carbocycles. The van der Waals surface area contributed by atoms with Gasteiger partial charge in [-0.05, 0) is 55.1 Å². The lowest BCUT2D eigenvalue weighted by molar-refractivity contribution is 0.0620. The number of carbonyl (C=O) groups is 1. The Morgan fingerprint density at radius 1 is 0.962 bits per heavy atom. The first-order chi connectivity index (χ1) is 12.8. The predicted octanol–water partition coefficient (Wildman–Crippen LogP) is 3.43. The van der Waals surface area contributed by atoms with Crippen LogP contribution < -0.4 is 5.32 Å². The van der Waals surface area contributed by atoms with Gasteiger partial charge >= 0.3 is 0 Å². The van der Waals surface area contributed by atoms with Gasteiger partial charge in [-0.2, -0.15) is 0 Å². The van der Waals surface area contributed by atoms with Crippen molar-refractivity contribution in [3.8, 4) is 11.1 Å². The fourth-order valence-electron chi connectivity index (χ4n) is 4.42. The van der Waals surface area contributed by atoms with Crippen LogP contribution in [0.4, 0.5) is 0 Å². The SMILES string of the molecule is O=C(NC1CN2CCC1CC2)c1cc2ccc(-c3ccccc3)cn2c1. The van der Waals surface area contributed by atoms with Gasteiger partial charge in [0.05, 0.1) is 5.56 Å². The molecule has 1 aromatic carbocycles. The van der Waals surface area contributed by atoms with Crippen molar-refractivity contribution < 1.29 is 4.79 Å². The Balaban J connectivity index is 1.38. The topological polar surface area (TPSA) is 36.8 Å². The highest BCUT2D eigenvalue weighted by Crippen LogP contribution is 2.28. The highest BCUT2D eigenvalue weighted by atomic mass is 16.1. The fraction of sp³-hybridized carbons (Fsp3) is 0.318. The van der Waals surface area contributed by atoms with Crippen molar-refractivity contribution in [1.82, 2.24) is 14.6 Å². The Morgan fingerprint density at radius 3 is 2.50 bits per heavy atom. The van der Waals surface area contributed by atoms with E-state index >= 15 is 0 Å². The van der Waals surface area contributed by atoms with Gasteiger partial charge in [-0.25, -0.2) is 0 Å². The summed E-state index contributed by atoms with van der Waals surface area (Å²) in [5.41, 5.74) is 4.12. The molecular weight excluding hydrogens is 322 g/mol. The lowest BCUT2D eigenvalue weighted by Gasteiger charge is -2.44. The van der Waals surface area contributed by atoms with E-state index in [0.717, 1.165) is 23.2 Å². The third kappa shape index (κ3) is 2.80. The molecule has 3 saturated heterocycles. The van der Waals surface area contributed by atoms with Gasteiger partial charge < -0.3 is 14.6 Å². The van der Waals surface area contributed by atoms with E-state index in [-0.39, 0.29) is 5.91 Å². The predicted molar refractivity (Wildman–Crippen MR) is 103 cm³/mol. The normalized spacial score (nSPS) is 24.7. The lowest BCUT2D eigenvalue weighted by Crippen LogP contribution is -2.57. The Bertz CT molecular complexity index is 938. The summed E-state index contributed by atoms with van der Waals surface area (Å²) >= 11 is 0. The number of carbonyl (C=O) groups excluding carboxylic acids is 1. The zero-order valence-electron chi connectivity index (χ0n) is 14.8. The van der Waals surface area contributed by atoms with Crippen molar-refractivity contribution in [1.29, 1.82) is 0 Å². The maximum atomic E-state index is 12.8. The highest BCUT2D eigenvalue weighted by molar-refractivity contribution is 5.96. The quantitative estimate of drug-likeness (QED) is 0.790. The largest absolute Gasteiger partial charge is 0.348 e. The van der Waals surface area contributed by atoms with E-state index < -0.39 is 0 Å². The molecule has 3 aliphatic rings. The smallest absolute Gasteiger partial charge is 0.253 e. The van der Waals surface area contributed by atoms with Crippen molar-refractivity contribution >= 4 is 11.4 Å². The van der Waals surface area contributed by atoms with Crippen molar-refractivity contribution in [2.24, 2.45) is 5.92 Å². The maximum absolute atomic E-state index is 12.8. The van der Waals surface area contributed by atoms with Crippen LogP contribution in [0.15, 0.2) is 60.9 Å². The summed E-state index contributed by atoms with van der Waals surface area (Å²) in [5.74, 6) is 0.694. The van der Waals surface area contributed by atoms with Crippen molar-refractivity contribution in [2.75, 3.05) is 19.6 Å². The maximum Gasteiger partial charge on any atom is 0.253 e. The number of fused-ring (bicyclic) bond motifs is 4. The first-order valence-corrected chi connectivity index (χ1v) is 9.47. The Labute approximate surface area is 153 Å². The molecule has 0 saturated carbocycles. The summed E-state index contributed by atoms with van der Waals surface area (Å²) in [6, 6.07) is 16.8. The van der Waals surface area contributed by atoms with Crippen LogP contribution in [-0.4, -0.2) is 40.9 Å². The monoisotopic (exact) mass is 345 g/mol.